The minimum absolute atomic E-state index is 0.176. The van der Waals surface area contributed by atoms with Crippen molar-refractivity contribution in [3.8, 4) is 0 Å². The van der Waals surface area contributed by atoms with Crippen molar-refractivity contribution in [2.45, 2.75) is 20.4 Å². The summed E-state index contributed by atoms with van der Waals surface area (Å²) in [4.78, 5) is 0. The van der Waals surface area contributed by atoms with Crippen molar-refractivity contribution in [2.24, 2.45) is 0 Å². The van der Waals surface area contributed by atoms with Crippen LogP contribution < -0.4 is 5.32 Å². The van der Waals surface area contributed by atoms with Crippen LogP contribution in [-0.2, 0) is 6.54 Å². The first kappa shape index (κ1) is 13.1. The number of benzene rings is 2. The minimum atomic E-state index is -0.176. The van der Waals surface area contributed by atoms with Crippen LogP contribution in [0.25, 0.3) is 0 Å². The fraction of sp³-hybridized carbons (Fsp3) is 0.200. The highest BCUT2D eigenvalue weighted by Gasteiger charge is 2.03. The summed E-state index contributed by atoms with van der Waals surface area (Å²) in [7, 11) is 0. The molecule has 0 unspecified atom stereocenters. The topological polar surface area (TPSA) is 12.0 Å². The molecular formula is C15H15BrFN. The third-order valence-electron chi connectivity index (χ3n) is 2.99. The van der Waals surface area contributed by atoms with Gasteiger partial charge in [0, 0.05) is 22.3 Å². The van der Waals surface area contributed by atoms with E-state index < -0.39 is 0 Å². The number of hydrogen-bond acceptors (Lipinski definition) is 1. The summed E-state index contributed by atoms with van der Waals surface area (Å²) in [5.74, 6) is -0.176. The van der Waals surface area contributed by atoms with Gasteiger partial charge in [0.15, 0.2) is 0 Å². The molecule has 0 aliphatic carbocycles. The van der Waals surface area contributed by atoms with Crippen molar-refractivity contribution in [2.75, 3.05) is 5.32 Å². The number of aryl methyl sites for hydroxylation is 1. The third kappa shape index (κ3) is 2.91. The van der Waals surface area contributed by atoms with Crippen molar-refractivity contribution in [1.82, 2.24) is 0 Å². The molecule has 0 saturated heterocycles. The zero-order valence-electron chi connectivity index (χ0n) is 10.4. The van der Waals surface area contributed by atoms with Gasteiger partial charge in [0.2, 0.25) is 0 Å². The standard InChI is InChI=1S/C15H15BrFN/c1-10-6-7-12(8-13(10)16)9-18-15-5-3-4-14(17)11(15)2/h3-8,18H,9H2,1-2H3. The summed E-state index contributed by atoms with van der Waals surface area (Å²) in [5, 5.41) is 3.26. The maximum absolute atomic E-state index is 13.4. The van der Waals surface area contributed by atoms with E-state index in [1.54, 1.807) is 13.0 Å². The Labute approximate surface area is 115 Å². The van der Waals surface area contributed by atoms with Gasteiger partial charge >= 0.3 is 0 Å². The molecule has 2 aromatic carbocycles. The molecule has 0 aromatic heterocycles. The van der Waals surface area contributed by atoms with Crippen LogP contribution in [0.3, 0.4) is 0 Å². The highest BCUT2D eigenvalue weighted by molar-refractivity contribution is 9.10. The Hall–Kier alpha value is -1.35. The zero-order valence-corrected chi connectivity index (χ0v) is 12.0. The zero-order chi connectivity index (χ0) is 13.1. The van der Waals surface area contributed by atoms with Gasteiger partial charge in [-0.2, -0.15) is 0 Å². The van der Waals surface area contributed by atoms with Crippen molar-refractivity contribution in [1.29, 1.82) is 0 Å². The molecule has 2 rings (SSSR count). The lowest BCUT2D eigenvalue weighted by molar-refractivity contribution is 0.619. The van der Waals surface area contributed by atoms with E-state index in [0.29, 0.717) is 12.1 Å². The average Bonchev–Trinajstić information content (AvgIpc) is 2.35. The Morgan fingerprint density at radius 1 is 1.17 bits per heavy atom. The van der Waals surface area contributed by atoms with Gasteiger partial charge in [0.25, 0.3) is 0 Å². The Kier molecular flexibility index (Phi) is 4.02. The molecule has 0 radical (unpaired) electrons. The molecule has 0 aliphatic rings. The molecule has 0 heterocycles. The van der Waals surface area contributed by atoms with Gasteiger partial charge in [-0.05, 0) is 43.2 Å². The molecule has 0 atom stereocenters. The highest BCUT2D eigenvalue weighted by Crippen LogP contribution is 2.20. The van der Waals surface area contributed by atoms with Gasteiger partial charge in [-0.3, -0.25) is 0 Å². The van der Waals surface area contributed by atoms with Gasteiger partial charge in [-0.1, -0.05) is 34.1 Å². The highest BCUT2D eigenvalue weighted by atomic mass is 79.9. The first-order valence-corrected chi connectivity index (χ1v) is 6.61. The summed E-state index contributed by atoms with van der Waals surface area (Å²) in [6, 6.07) is 11.3. The summed E-state index contributed by atoms with van der Waals surface area (Å²) in [6.07, 6.45) is 0. The van der Waals surface area contributed by atoms with Gasteiger partial charge in [-0.25, -0.2) is 4.39 Å². The molecule has 1 N–H and O–H groups in total. The van der Waals surface area contributed by atoms with E-state index in [1.165, 1.54) is 11.6 Å². The normalized spacial score (nSPS) is 10.4. The van der Waals surface area contributed by atoms with E-state index in [1.807, 2.05) is 6.07 Å². The van der Waals surface area contributed by atoms with Crippen molar-refractivity contribution in [3.63, 3.8) is 0 Å². The second-order valence-electron chi connectivity index (χ2n) is 4.35. The van der Waals surface area contributed by atoms with Crippen LogP contribution in [0.2, 0.25) is 0 Å². The number of halogens is 2. The second-order valence-corrected chi connectivity index (χ2v) is 5.20. The molecule has 18 heavy (non-hydrogen) atoms. The van der Waals surface area contributed by atoms with E-state index in [9.17, 15) is 4.39 Å². The Morgan fingerprint density at radius 3 is 2.67 bits per heavy atom. The molecule has 0 bridgehead atoms. The van der Waals surface area contributed by atoms with Gasteiger partial charge in [0.05, 0.1) is 0 Å². The summed E-state index contributed by atoms with van der Waals surface area (Å²) in [5.41, 5.74) is 3.87. The molecule has 2 aromatic rings. The minimum Gasteiger partial charge on any atom is -0.381 e. The van der Waals surface area contributed by atoms with Crippen LogP contribution in [0.4, 0.5) is 10.1 Å². The van der Waals surface area contributed by atoms with Crippen LogP contribution in [-0.4, -0.2) is 0 Å². The van der Waals surface area contributed by atoms with Crippen molar-refractivity contribution in [3.05, 3.63) is 63.4 Å². The van der Waals surface area contributed by atoms with Crippen molar-refractivity contribution < 1.29 is 4.39 Å². The molecule has 0 fully saturated rings. The molecule has 3 heteroatoms. The van der Waals surface area contributed by atoms with Gasteiger partial charge in [-0.15, -0.1) is 0 Å². The Morgan fingerprint density at radius 2 is 1.94 bits per heavy atom. The SMILES string of the molecule is Cc1ccc(CNc2cccc(F)c2C)cc1Br. The van der Waals surface area contributed by atoms with Crippen LogP contribution in [0.5, 0.6) is 0 Å². The van der Waals surface area contributed by atoms with Crippen LogP contribution in [0.15, 0.2) is 40.9 Å². The maximum atomic E-state index is 13.4. The van der Waals surface area contributed by atoms with E-state index in [4.69, 9.17) is 0 Å². The quantitative estimate of drug-likeness (QED) is 0.857. The summed E-state index contributed by atoms with van der Waals surface area (Å²) < 4.78 is 14.5. The number of nitrogens with one attached hydrogen (secondary N) is 1. The first-order chi connectivity index (χ1) is 8.58. The smallest absolute Gasteiger partial charge is 0.128 e. The Balaban J connectivity index is 2.11. The number of rotatable bonds is 3. The molecule has 0 spiro atoms. The first-order valence-electron chi connectivity index (χ1n) is 5.82. The number of hydrogen-bond donors (Lipinski definition) is 1. The van der Waals surface area contributed by atoms with E-state index in [0.717, 1.165) is 15.7 Å². The van der Waals surface area contributed by atoms with E-state index >= 15 is 0 Å². The van der Waals surface area contributed by atoms with Crippen LogP contribution >= 0.6 is 15.9 Å². The largest absolute Gasteiger partial charge is 0.381 e. The van der Waals surface area contributed by atoms with Gasteiger partial charge in [0.1, 0.15) is 5.82 Å². The lowest BCUT2D eigenvalue weighted by Crippen LogP contribution is -2.02. The molecular weight excluding hydrogens is 293 g/mol. The number of anilines is 1. The van der Waals surface area contributed by atoms with Crippen LogP contribution in [0, 0.1) is 19.7 Å². The van der Waals surface area contributed by atoms with E-state index in [-0.39, 0.29) is 5.82 Å². The van der Waals surface area contributed by atoms with E-state index in [2.05, 4.69) is 46.4 Å². The summed E-state index contributed by atoms with van der Waals surface area (Å²) >= 11 is 3.51. The lowest BCUT2D eigenvalue weighted by atomic mass is 10.1. The lowest BCUT2D eigenvalue weighted by Gasteiger charge is -2.11. The molecule has 0 amide bonds. The second kappa shape index (κ2) is 5.53. The third-order valence-corrected chi connectivity index (χ3v) is 3.84. The predicted octanol–water partition coefficient (Wildman–Crippen LogP) is 4.82. The maximum Gasteiger partial charge on any atom is 0.128 e. The summed E-state index contributed by atoms with van der Waals surface area (Å²) in [6.45, 7) is 4.52. The fourth-order valence-corrected chi connectivity index (χ4v) is 2.17. The van der Waals surface area contributed by atoms with Crippen molar-refractivity contribution >= 4 is 21.6 Å². The molecule has 1 nitrogen and oxygen atoms in total. The predicted molar refractivity (Wildman–Crippen MR) is 77.3 cm³/mol. The van der Waals surface area contributed by atoms with Gasteiger partial charge < -0.3 is 5.32 Å². The molecule has 94 valence electrons. The molecule has 0 saturated carbocycles. The van der Waals surface area contributed by atoms with Crippen LogP contribution in [0.1, 0.15) is 16.7 Å². The monoisotopic (exact) mass is 307 g/mol. The Bertz CT molecular complexity index is 566. The molecule has 0 aliphatic heterocycles. The fourth-order valence-electron chi connectivity index (χ4n) is 1.74. The average molecular weight is 308 g/mol.